The Hall–Kier alpha value is -6.78. The molecule has 3 nitrogen and oxygen atoms in total. The Morgan fingerprint density at radius 3 is 1.78 bits per heavy atom. The lowest BCUT2D eigenvalue weighted by atomic mass is 9.33. The van der Waals surface area contributed by atoms with Crippen molar-refractivity contribution in [3.63, 3.8) is 0 Å². The van der Waals surface area contributed by atoms with Crippen molar-refractivity contribution in [3.8, 4) is 22.3 Å². The van der Waals surface area contributed by atoms with E-state index in [9.17, 15) is 0 Å². The minimum Gasteiger partial charge on any atom is -0.335 e. The van der Waals surface area contributed by atoms with Crippen molar-refractivity contribution in [2.45, 2.75) is 134 Å². The maximum Gasteiger partial charge on any atom is 0.252 e. The number of anilines is 7. The van der Waals surface area contributed by atoms with Gasteiger partial charge in [0.15, 0.2) is 0 Å². The first-order chi connectivity index (χ1) is 35.2. The van der Waals surface area contributed by atoms with Crippen LogP contribution in [0.5, 0.6) is 0 Å². The minimum atomic E-state index is -0.231. The minimum absolute atomic E-state index is 0.00677. The molecule has 362 valence electrons. The van der Waals surface area contributed by atoms with E-state index in [1.165, 1.54) is 138 Å². The molecule has 14 rings (SSSR count). The fourth-order valence-corrected chi connectivity index (χ4v) is 16.2. The maximum atomic E-state index is 2.97. The van der Waals surface area contributed by atoms with E-state index < -0.39 is 0 Å². The van der Waals surface area contributed by atoms with Crippen molar-refractivity contribution >= 4 is 62.9 Å². The van der Waals surface area contributed by atoms with Gasteiger partial charge in [-0.3, -0.25) is 0 Å². The normalized spacial score (nSPS) is 24.1. The van der Waals surface area contributed by atoms with Gasteiger partial charge in [-0.1, -0.05) is 187 Å². The van der Waals surface area contributed by atoms with Crippen LogP contribution < -0.4 is 31.1 Å². The number of fused-ring (bicyclic) bond motifs is 10. The molecule has 0 spiro atoms. The second-order valence-electron chi connectivity index (χ2n) is 24.6. The molecule has 6 aliphatic rings. The van der Waals surface area contributed by atoms with Gasteiger partial charge in [0, 0.05) is 50.6 Å². The molecule has 4 unspecified atom stereocenters. The molecule has 4 atom stereocenters. The standard InChI is InChI=1S/C69H68BN3/c1-45-38-46(2)62-59(39-45)72(67(7)35-19-18-34-66(62,67)6)54-43-60-63-61(44-54)73-64-55(69(51-26-16-11-17-27-51)37-21-20-36-68(69,73)8)41-52(65(3,4)5)42-57(64)70(63)56-40-50(48-24-14-10-15-25-48)30-33-58(56)71(60)53-31-28-49(29-32-53)47-22-12-9-13-23-47/h9-17,22-33,38-44H,18-21,34-37H2,1-8H3. The van der Waals surface area contributed by atoms with Crippen LogP contribution in [-0.4, -0.2) is 17.8 Å². The van der Waals surface area contributed by atoms with Crippen molar-refractivity contribution in [1.29, 1.82) is 0 Å². The van der Waals surface area contributed by atoms with E-state index in [0.717, 1.165) is 19.3 Å². The molecule has 2 fully saturated rings. The van der Waals surface area contributed by atoms with Gasteiger partial charge >= 0.3 is 0 Å². The Labute approximate surface area is 435 Å². The maximum absolute atomic E-state index is 2.97. The van der Waals surface area contributed by atoms with Gasteiger partial charge in [0.05, 0.1) is 11.1 Å². The van der Waals surface area contributed by atoms with Crippen LogP contribution in [0, 0.1) is 13.8 Å². The molecule has 4 heterocycles. The number of hydrogen-bond acceptors (Lipinski definition) is 3. The van der Waals surface area contributed by atoms with E-state index in [-0.39, 0.29) is 34.0 Å². The number of benzene rings is 8. The summed E-state index contributed by atoms with van der Waals surface area (Å²) >= 11 is 0. The Morgan fingerprint density at radius 1 is 0.479 bits per heavy atom. The molecule has 73 heavy (non-hydrogen) atoms. The third kappa shape index (κ3) is 6.01. The quantitative estimate of drug-likeness (QED) is 0.159. The van der Waals surface area contributed by atoms with E-state index in [4.69, 9.17) is 0 Å². The van der Waals surface area contributed by atoms with Crippen LogP contribution in [0.2, 0.25) is 0 Å². The molecule has 0 saturated heterocycles. The highest BCUT2D eigenvalue weighted by atomic mass is 15.3. The second-order valence-corrected chi connectivity index (χ2v) is 24.6. The van der Waals surface area contributed by atoms with E-state index in [2.05, 4.69) is 240 Å². The Kier molecular flexibility index (Phi) is 9.61. The largest absolute Gasteiger partial charge is 0.335 e. The predicted molar refractivity (Wildman–Crippen MR) is 310 cm³/mol. The number of nitrogens with zero attached hydrogens (tertiary/aromatic N) is 3. The molecule has 0 amide bonds. The molecule has 0 radical (unpaired) electrons. The van der Waals surface area contributed by atoms with E-state index in [1.54, 1.807) is 5.56 Å². The molecule has 4 aliphatic heterocycles. The lowest BCUT2D eigenvalue weighted by Gasteiger charge is -2.54. The first kappa shape index (κ1) is 44.9. The molecule has 0 N–H and O–H groups in total. The number of hydrogen-bond donors (Lipinski definition) is 0. The summed E-state index contributed by atoms with van der Waals surface area (Å²) in [4.78, 5) is 8.52. The summed E-state index contributed by atoms with van der Waals surface area (Å²) in [5.74, 6) is 0. The zero-order valence-corrected chi connectivity index (χ0v) is 44.2. The van der Waals surface area contributed by atoms with Gasteiger partial charge in [-0.25, -0.2) is 0 Å². The Bertz CT molecular complexity index is 3540. The highest BCUT2D eigenvalue weighted by Gasteiger charge is 2.65. The molecule has 4 heteroatoms. The van der Waals surface area contributed by atoms with Crippen LogP contribution in [0.4, 0.5) is 39.8 Å². The van der Waals surface area contributed by atoms with Crippen LogP contribution >= 0.6 is 0 Å². The summed E-state index contributed by atoms with van der Waals surface area (Å²) in [6.07, 6.45) is 9.52. The lowest BCUT2D eigenvalue weighted by Crippen LogP contribution is -2.65. The zero-order valence-electron chi connectivity index (χ0n) is 44.2. The van der Waals surface area contributed by atoms with Gasteiger partial charge in [-0.15, -0.1) is 0 Å². The third-order valence-corrected chi connectivity index (χ3v) is 19.7. The molecule has 8 aromatic carbocycles. The van der Waals surface area contributed by atoms with Crippen molar-refractivity contribution in [2.24, 2.45) is 0 Å². The van der Waals surface area contributed by atoms with Gasteiger partial charge in [0.1, 0.15) is 0 Å². The fourth-order valence-electron chi connectivity index (χ4n) is 16.2. The molecule has 0 bridgehead atoms. The second kappa shape index (κ2) is 15.6. The van der Waals surface area contributed by atoms with Crippen molar-refractivity contribution in [1.82, 2.24) is 0 Å². The average Bonchev–Trinajstić information content (AvgIpc) is 3.81. The van der Waals surface area contributed by atoms with Crippen LogP contribution in [0.15, 0.2) is 170 Å². The topological polar surface area (TPSA) is 9.72 Å². The monoisotopic (exact) mass is 950 g/mol. The fraction of sp³-hybridized carbons (Fsp3) is 0.304. The van der Waals surface area contributed by atoms with Crippen molar-refractivity contribution in [2.75, 3.05) is 14.7 Å². The van der Waals surface area contributed by atoms with Crippen molar-refractivity contribution < 1.29 is 0 Å². The number of rotatable bonds is 5. The van der Waals surface area contributed by atoms with Gasteiger partial charge < -0.3 is 14.7 Å². The zero-order chi connectivity index (χ0) is 49.8. The third-order valence-electron chi connectivity index (χ3n) is 19.7. The highest BCUT2D eigenvalue weighted by molar-refractivity contribution is 7.00. The summed E-state index contributed by atoms with van der Waals surface area (Å²) in [6.45, 7) is 19.9. The number of aryl methyl sites for hydroxylation is 2. The molecule has 2 aliphatic carbocycles. The lowest BCUT2D eigenvalue weighted by molar-refractivity contribution is 0.194. The average molecular weight is 950 g/mol. The molecule has 0 aromatic heterocycles. The van der Waals surface area contributed by atoms with Crippen LogP contribution in [0.3, 0.4) is 0 Å². The Morgan fingerprint density at radius 2 is 1.08 bits per heavy atom. The summed E-state index contributed by atoms with van der Waals surface area (Å²) in [6, 6.07) is 66.3. The SMILES string of the molecule is Cc1cc(C)c2c(c1)N(c1cc3c4c(c1)N1c5c(cc(C(C)(C)C)cc5C5(c6ccccc6)CCCCC15C)B4c1cc(-c4ccccc4)ccc1N3c1ccc(-c3ccccc3)cc1)C1(C)CCCCC21C. The summed E-state index contributed by atoms with van der Waals surface area (Å²) in [5.41, 5.74) is 26.7. The summed E-state index contributed by atoms with van der Waals surface area (Å²) in [5, 5.41) is 0. The van der Waals surface area contributed by atoms with Crippen LogP contribution in [-0.2, 0) is 16.2 Å². The van der Waals surface area contributed by atoms with Gasteiger partial charge in [-0.05, 0) is 167 Å². The summed E-state index contributed by atoms with van der Waals surface area (Å²) in [7, 11) is 0. The van der Waals surface area contributed by atoms with Crippen LogP contribution in [0.25, 0.3) is 22.3 Å². The molecule has 2 saturated carbocycles. The van der Waals surface area contributed by atoms with E-state index in [0.29, 0.717) is 0 Å². The first-order valence-electron chi connectivity index (χ1n) is 27.5. The van der Waals surface area contributed by atoms with E-state index >= 15 is 0 Å². The van der Waals surface area contributed by atoms with Gasteiger partial charge in [0.25, 0.3) is 6.71 Å². The molecular weight excluding hydrogens is 882 g/mol. The van der Waals surface area contributed by atoms with Crippen LogP contribution in [0.1, 0.15) is 126 Å². The first-order valence-corrected chi connectivity index (χ1v) is 27.5. The van der Waals surface area contributed by atoms with Gasteiger partial charge in [0.2, 0.25) is 0 Å². The molecule has 8 aromatic rings. The predicted octanol–water partition coefficient (Wildman–Crippen LogP) is 16.1. The molecular formula is C69H68BN3. The highest BCUT2D eigenvalue weighted by Crippen LogP contribution is 2.67. The van der Waals surface area contributed by atoms with E-state index in [1.807, 2.05) is 0 Å². The summed E-state index contributed by atoms with van der Waals surface area (Å²) < 4.78 is 0. The van der Waals surface area contributed by atoms with Crippen molar-refractivity contribution in [3.05, 3.63) is 203 Å². The van der Waals surface area contributed by atoms with Gasteiger partial charge in [-0.2, -0.15) is 0 Å². The smallest absolute Gasteiger partial charge is 0.252 e. The Balaban J connectivity index is 1.13.